The summed E-state index contributed by atoms with van der Waals surface area (Å²) in [5.74, 6) is 0.251. The van der Waals surface area contributed by atoms with Crippen LogP contribution in [0.3, 0.4) is 0 Å². The first-order valence-corrected chi connectivity index (χ1v) is 9.84. The molecule has 0 bridgehead atoms. The van der Waals surface area contributed by atoms with Crippen molar-refractivity contribution in [1.82, 2.24) is 14.5 Å². The molecule has 1 atom stereocenters. The predicted molar refractivity (Wildman–Crippen MR) is 114 cm³/mol. The van der Waals surface area contributed by atoms with Gasteiger partial charge in [0.05, 0.1) is 17.1 Å². The Morgan fingerprint density at radius 3 is 2.72 bits per heavy atom. The van der Waals surface area contributed by atoms with E-state index in [1.807, 2.05) is 48.2 Å². The highest BCUT2D eigenvalue weighted by Gasteiger charge is 2.28. The second-order valence-electron chi connectivity index (χ2n) is 7.35. The Morgan fingerprint density at radius 2 is 1.97 bits per heavy atom. The summed E-state index contributed by atoms with van der Waals surface area (Å²) in [6, 6.07) is 15.1. The number of benzene rings is 2. The molecule has 6 heteroatoms. The third-order valence-corrected chi connectivity index (χ3v) is 5.42. The van der Waals surface area contributed by atoms with Crippen LogP contribution in [0.25, 0.3) is 11.0 Å². The third kappa shape index (κ3) is 3.66. The van der Waals surface area contributed by atoms with Gasteiger partial charge in [0.1, 0.15) is 0 Å². The molecule has 29 heavy (non-hydrogen) atoms. The second kappa shape index (κ2) is 7.91. The lowest BCUT2D eigenvalue weighted by molar-refractivity contribution is -0.127. The number of hydrogen-bond donors (Lipinski definition) is 1. The summed E-state index contributed by atoms with van der Waals surface area (Å²) in [5.41, 5.74) is 3.49. The zero-order valence-corrected chi connectivity index (χ0v) is 16.5. The molecule has 148 valence electrons. The topological polar surface area (TPSA) is 67.2 Å². The lowest BCUT2D eigenvalue weighted by Crippen LogP contribution is -2.40. The van der Waals surface area contributed by atoms with E-state index in [9.17, 15) is 9.59 Å². The van der Waals surface area contributed by atoms with Crippen molar-refractivity contribution in [1.29, 1.82) is 0 Å². The van der Waals surface area contributed by atoms with Gasteiger partial charge in [-0.15, -0.1) is 0 Å². The first-order chi connectivity index (χ1) is 14.1. The maximum Gasteiger partial charge on any atom is 0.257 e. The molecule has 0 aliphatic carbocycles. The van der Waals surface area contributed by atoms with Crippen LogP contribution < -0.4 is 5.32 Å². The number of nitrogens with zero attached hydrogens (tertiary/aromatic N) is 3. The van der Waals surface area contributed by atoms with Gasteiger partial charge in [0.25, 0.3) is 5.91 Å². The Balaban J connectivity index is 1.75. The fourth-order valence-corrected chi connectivity index (χ4v) is 4.02. The molecule has 1 aromatic heterocycles. The number of anilines is 1. The van der Waals surface area contributed by atoms with Gasteiger partial charge in [-0.05, 0) is 49.6 Å². The number of nitrogens with one attached hydrogen (secondary N) is 1. The molecule has 1 fully saturated rings. The van der Waals surface area contributed by atoms with Crippen LogP contribution in [0.2, 0.25) is 0 Å². The molecule has 1 saturated heterocycles. The molecule has 1 aliphatic heterocycles. The highest BCUT2D eigenvalue weighted by Crippen LogP contribution is 2.32. The Labute approximate surface area is 169 Å². The number of carbonyl (C=O) groups excluding carboxylic acids is 2. The van der Waals surface area contributed by atoms with E-state index >= 15 is 0 Å². The Hall–Kier alpha value is -3.41. The molecule has 0 radical (unpaired) electrons. The summed E-state index contributed by atoms with van der Waals surface area (Å²) in [6.45, 7) is 6.94. The highest BCUT2D eigenvalue weighted by atomic mass is 16.2. The van der Waals surface area contributed by atoms with E-state index in [1.54, 1.807) is 12.1 Å². The first kappa shape index (κ1) is 18.9. The highest BCUT2D eigenvalue weighted by molar-refractivity contribution is 6.04. The standard InChI is InChI=1S/C23H24N4O2/c1-3-20(28)26-14-8-12-18(15-26)27-21-16(2)9-7-13-19(21)24-23(27)25-22(29)17-10-5-4-6-11-17/h3-7,9-11,13,18H,1,8,12,14-15H2,2H3,(H,24,25,29). The minimum atomic E-state index is -0.199. The van der Waals surface area contributed by atoms with E-state index in [2.05, 4.69) is 16.5 Å². The number of likely N-dealkylation sites (tertiary alicyclic amines) is 1. The minimum Gasteiger partial charge on any atom is -0.337 e. The van der Waals surface area contributed by atoms with Gasteiger partial charge in [-0.1, -0.05) is 36.9 Å². The van der Waals surface area contributed by atoms with Gasteiger partial charge in [-0.25, -0.2) is 4.98 Å². The number of amides is 2. The Kier molecular flexibility index (Phi) is 5.16. The van der Waals surface area contributed by atoms with Crippen molar-refractivity contribution in [3.63, 3.8) is 0 Å². The van der Waals surface area contributed by atoms with Gasteiger partial charge in [0, 0.05) is 18.7 Å². The van der Waals surface area contributed by atoms with Crippen molar-refractivity contribution in [3.8, 4) is 0 Å². The molecule has 1 aliphatic rings. The number of imidazole rings is 1. The number of hydrogen-bond acceptors (Lipinski definition) is 3. The summed E-state index contributed by atoms with van der Waals surface area (Å²) >= 11 is 0. The third-order valence-electron chi connectivity index (χ3n) is 5.42. The molecule has 2 amide bonds. The first-order valence-electron chi connectivity index (χ1n) is 9.84. The number of piperidine rings is 1. The fourth-order valence-electron chi connectivity index (χ4n) is 4.02. The van der Waals surface area contributed by atoms with Gasteiger partial charge in [-0.2, -0.15) is 0 Å². The minimum absolute atomic E-state index is 0.0322. The molecule has 1 unspecified atom stereocenters. The van der Waals surface area contributed by atoms with Gasteiger partial charge in [-0.3, -0.25) is 14.9 Å². The molecule has 2 heterocycles. The largest absolute Gasteiger partial charge is 0.337 e. The number of para-hydroxylation sites is 1. The zero-order chi connectivity index (χ0) is 20.4. The molecule has 1 N–H and O–H groups in total. The normalized spacial score (nSPS) is 16.6. The van der Waals surface area contributed by atoms with Crippen LogP contribution in [0.15, 0.2) is 61.2 Å². The smallest absolute Gasteiger partial charge is 0.257 e. The van der Waals surface area contributed by atoms with E-state index in [0.29, 0.717) is 18.1 Å². The maximum atomic E-state index is 12.8. The number of rotatable bonds is 4. The predicted octanol–water partition coefficient (Wildman–Crippen LogP) is 3.95. The van der Waals surface area contributed by atoms with Gasteiger partial charge in [0.2, 0.25) is 11.9 Å². The summed E-state index contributed by atoms with van der Waals surface area (Å²) in [5, 5.41) is 2.99. The molecule has 0 spiro atoms. The quantitative estimate of drug-likeness (QED) is 0.688. The summed E-state index contributed by atoms with van der Waals surface area (Å²) in [6.07, 6.45) is 3.16. The molecular formula is C23H24N4O2. The van der Waals surface area contributed by atoms with Crippen molar-refractivity contribution in [2.24, 2.45) is 0 Å². The zero-order valence-electron chi connectivity index (χ0n) is 16.5. The maximum absolute atomic E-state index is 12.8. The summed E-state index contributed by atoms with van der Waals surface area (Å²) in [4.78, 5) is 31.5. The molecule has 4 rings (SSSR count). The van der Waals surface area contributed by atoms with Crippen LogP contribution in [0.1, 0.15) is 34.8 Å². The van der Waals surface area contributed by atoms with Crippen LogP contribution in [-0.4, -0.2) is 39.4 Å². The van der Waals surface area contributed by atoms with Gasteiger partial charge >= 0.3 is 0 Å². The van der Waals surface area contributed by atoms with E-state index in [0.717, 1.165) is 36.0 Å². The lowest BCUT2D eigenvalue weighted by Gasteiger charge is -2.34. The molecule has 6 nitrogen and oxygen atoms in total. The van der Waals surface area contributed by atoms with Crippen LogP contribution in [0.5, 0.6) is 0 Å². The van der Waals surface area contributed by atoms with Crippen LogP contribution in [-0.2, 0) is 4.79 Å². The average molecular weight is 388 g/mol. The van der Waals surface area contributed by atoms with E-state index in [4.69, 9.17) is 4.98 Å². The van der Waals surface area contributed by atoms with Crippen LogP contribution >= 0.6 is 0 Å². The second-order valence-corrected chi connectivity index (χ2v) is 7.35. The van der Waals surface area contributed by atoms with E-state index < -0.39 is 0 Å². The van der Waals surface area contributed by atoms with Crippen LogP contribution in [0.4, 0.5) is 5.95 Å². The molecular weight excluding hydrogens is 364 g/mol. The fraction of sp³-hybridized carbons (Fsp3) is 0.261. The summed E-state index contributed by atoms with van der Waals surface area (Å²) in [7, 11) is 0. The molecule has 0 saturated carbocycles. The number of aromatic nitrogens is 2. The SMILES string of the molecule is C=CC(=O)N1CCCC(n2c(NC(=O)c3ccccc3)nc3cccc(C)c32)C1. The van der Waals surface area contributed by atoms with Gasteiger partial charge in [0.15, 0.2) is 0 Å². The monoisotopic (exact) mass is 388 g/mol. The average Bonchev–Trinajstić information content (AvgIpc) is 3.13. The van der Waals surface area contributed by atoms with Crippen molar-refractivity contribution >= 4 is 28.8 Å². The molecule has 3 aromatic rings. The Morgan fingerprint density at radius 1 is 1.17 bits per heavy atom. The summed E-state index contributed by atoms with van der Waals surface area (Å²) < 4.78 is 2.09. The van der Waals surface area contributed by atoms with Gasteiger partial charge < -0.3 is 9.47 Å². The van der Waals surface area contributed by atoms with Crippen molar-refractivity contribution in [2.45, 2.75) is 25.8 Å². The number of aryl methyl sites for hydroxylation is 1. The lowest BCUT2D eigenvalue weighted by atomic mass is 10.0. The molecule has 2 aromatic carbocycles. The van der Waals surface area contributed by atoms with Crippen molar-refractivity contribution in [2.75, 3.05) is 18.4 Å². The van der Waals surface area contributed by atoms with E-state index in [1.165, 1.54) is 6.08 Å². The number of fused-ring (bicyclic) bond motifs is 1. The van der Waals surface area contributed by atoms with Crippen molar-refractivity contribution in [3.05, 3.63) is 72.3 Å². The van der Waals surface area contributed by atoms with E-state index in [-0.39, 0.29) is 17.9 Å². The Bertz CT molecular complexity index is 1070. The van der Waals surface area contributed by atoms with Crippen molar-refractivity contribution < 1.29 is 9.59 Å². The number of carbonyl (C=O) groups is 2. The van der Waals surface area contributed by atoms with Crippen LogP contribution in [0, 0.1) is 6.92 Å².